The molecular formula is C23H23ClN4O4S. The largest absolute Gasteiger partial charge is 0.494 e. The molecule has 172 valence electrons. The number of carbonyl (C=O) groups is 1. The third kappa shape index (κ3) is 5.37. The van der Waals surface area contributed by atoms with Crippen LogP contribution in [0.3, 0.4) is 0 Å². The molecule has 8 nitrogen and oxygen atoms in total. The zero-order valence-corrected chi connectivity index (χ0v) is 20.1. The minimum absolute atomic E-state index is 0.0781. The van der Waals surface area contributed by atoms with Gasteiger partial charge in [-0.1, -0.05) is 35.5 Å². The van der Waals surface area contributed by atoms with Gasteiger partial charge in [-0.15, -0.1) is 0 Å². The summed E-state index contributed by atoms with van der Waals surface area (Å²) in [5, 5.41) is 14.0. The Bertz CT molecular complexity index is 1360. The number of nitrogens with one attached hydrogen (secondary N) is 1. The molecule has 0 saturated heterocycles. The summed E-state index contributed by atoms with van der Waals surface area (Å²) in [7, 11) is 2.66. The molecule has 0 aliphatic carbocycles. The van der Waals surface area contributed by atoms with Crippen LogP contribution in [0, 0.1) is 13.8 Å². The molecule has 0 radical (unpaired) electrons. The summed E-state index contributed by atoms with van der Waals surface area (Å²) in [5.41, 5.74) is 1.60. The van der Waals surface area contributed by atoms with Crippen molar-refractivity contribution < 1.29 is 9.90 Å². The van der Waals surface area contributed by atoms with Crippen molar-refractivity contribution in [1.82, 2.24) is 9.13 Å². The molecule has 33 heavy (non-hydrogen) atoms. The molecule has 0 atom stereocenters. The molecule has 0 bridgehead atoms. The van der Waals surface area contributed by atoms with Gasteiger partial charge in [0.1, 0.15) is 10.6 Å². The third-order valence-electron chi connectivity index (χ3n) is 5.12. The average Bonchev–Trinajstić information content (AvgIpc) is 2.79. The topological polar surface area (TPSA) is 106 Å². The number of aryl methyl sites for hydroxylation is 1. The van der Waals surface area contributed by atoms with Crippen molar-refractivity contribution in [3.8, 4) is 5.88 Å². The van der Waals surface area contributed by atoms with E-state index in [1.54, 1.807) is 24.3 Å². The summed E-state index contributed by atoms with van der Waals surface area (Å²) in [6.45, 7) is 3.87. The minimum atomic E-state index is -0.717. The summed E-state index contributed by atoms with van der Waals surface area (Å²) in [5.74, 6) is -0.914. The van der Waals surface area contributed by atoms with Crippen LogP contribution in [0.5, 0.6) is 5.88 Å². The van der Waals surface area contributed by atoms with Crippen molar-refractivity contribution in [1.29, 1.82) is 0 Å². The van der Waals surface area contributed by atoms with Crippen LogP contribution in [-0.2, 0) is 18.9 Å². The lowest BCUT2D eigenvalue weighted by Gasteiger charge is -2.13. The van der Waals surface area contributed by atoms with Gasteiger partial charge in [-0.2, -0.15) is 0 Å². The lowest BCUT2D eigenvalue weighted by atomic mass is 10.1. The number of benzene rings is 2. The quantitative estimate of drug-likeness (QED) is 0.424. The van der Waals surface area contributed by atoms with Crippen molar-refractivity contribution in [2.24, 2.45) is 19.1 Å². The number of halogens is 1. The number of aliphatic imine (C=N–C) groups is 1. The maximum Gasteiger partial charge on any atom is 0.333 e. The van der Waals surface area contributed by atoms with Crippen LogP contribution in [0.2, 0.25) is 5.02 Å². The lowest BCUT2D eigenvalue weighted by Crippen LogP contribution is -2.39. The number of aromatic hydroxyl groups is 1. The van der Waals surface area contributed by atoms with E-state index in [1.165, 1.54) is 14.1 Å². The fourth-order valence-electron chi connectivity index (χ4n) is 3.02. The Labute approximate surface area is 199 Å². The molecule has 0 saturated carbocycles. The molecule has 1 aromatic heterocycles. The number of anilines is 1. The van der Waals surface area contributed by atoms with Crippen molar-refractivity contribution in [2.45, 2.75) is 13.8 Å². The van der Waals surface area contributed by atoms with Gasteiger partial charge in [0.15, 0.2) is 0 Å². The standard InChI is InChI=1S/C23H23ClN4O4S/c1-13-6-5-7-17(14(13)2)26-18(29)12-33-20(25-16-10-8-15(24)9-11-16)19-21(30)27(3)23(32)28(4)22(19)31/h5-11,30H,12H2,1-4H3,(H,26,29). The van der Waals surface area contributed by atoms with E-state index in [4.69, 9.17) is 11.6 Å². The normalized spacial score (nSPS) is 11.5. The van der Waals surface area contributed by atoms with Crippen LogP contribution in [0.1, 0.15) is 16.7 Å². The van der Waals surface area contributed by atoms with Gasteiger partial charge >= 0.3 is 5.69 Å². The summed E-state index contributed by atoms with van der Waals surface area (Å²) >= 11 is 6.92. The molecule has 0 aliphatic heterocycles. The second kappa shape index (κ2) is 10.1. The zero-order chi connectivity index (χ0) is 24.3. The third-order valence-corrected chi connectivity index (χ3v) is 6.35. The van der Waals surface area contributed by atoms with E-state index in [2.05, 4.69) is 10.3 Å². The highest BCUT2D eigenvalue weighted by Gasteiger charge is 2.22. The first-order valence-electron chi connectivity index (χ1n) is 9.92. The van der Waals surface area contributed by atoms with E-state index in [-0.39, 0.29) is 22.3 Å². The molecule has 0 aliphatic rings. The smallest absolute Gasteiger partial charge is 0.333 e. The molecule has 1 amide bonds. The second-order valence-corrected chi connectivity index (χ2v) is 8.78. The molecule has 0 unspecified atom stereocenters. The zero-order valence-electron chi connectivity index (χ0n) is 18.5. The van der Waals surface area contributed by atoms with E-state index >= 15 is 0 Å². The number of nitrogens with zero attached hydrogens (tertiary/aromatic N) is 3. The van der Waals surface area contributed by atoms with Crippen LogP contribution in [0.15, 0.2) is 57.0 Å². The van der Waals surface area contributed by atoms with Gasteiger partial charge < -0.3 is 10.4 Å². The Kier molecular flexibility index (Phi) is 7.45. The van der Waals surface area contributed by atoms with Crippen molar-refractivity contribution in [2.75, 3.05) is 11.1 Å². The highest BCUT2D eigenvalue weighted by atomic mass is 35.5. The average molecular weight is 487 g/mol. The van der Waals surface area contributed by atoms with Crippen LogP contribution < -0.4 is 16.6 Å². The number of carbonyl (C=O) groups excluding carboxylic acids is 1. The first-order valence-corrected chi connectivity index (χ1v) is 11.3. The minimum Gasteiger partial charge on any atom is -0.494 e. The van der Waals surface area contributed by atoms with Crippen molar-refractivity contribution in [3.63, 3.8) is 0 Å². The Hall–Kier alpha value is -3.30. The highest BCUT2D eigenvalue weighted by Crippen LogP contribution is 2.25. The molecule has 3 rings (SSSR count). The maximum atomic E-state index is 12.8. The Balaban J connectivity index is 1.98. The van der Waals surface area contributed by atoms with Gasteiger partial charge in [0.2, 0.25) is 11.8 Å². The monoisotopic (exact) mass is 486 g/mol. The number of amides is 1. The fourth-order valence-corrected chi connectivity index (χ4v) is 3.98. The molecule has 0 fully saturated rings. The van der Waals surface area contributed by atoms with E-state index in [1.807, 2.05) is 32.0 Å². The van der Waals surface area contributed by atoms with Crippen molar-refractivity contribution >= 4 is 45.7 Å². The van der Waals surface area contributed by atoms with Crippen LogP contribution in [0.4, 0.5) is 11.4 Å². The van der Waals surface area contributed by atoms with E-state index in [0.29, 0.717) is 16.4 Å². The number of aromatic nitrogens is 2. The van der Waals surface area contributed by atoms with Crippen LogP contribution in [0.25, 0.3) is 0 Å². The Morgan fingerprint density at radius 1 is 1.09 bits per heavy atom. The Morgan fingerprint density at radius 2 is 1.76 bits per heavy atom. The highest BCUT2D eigenvalue weighted by molar-refractivity contribution is 8.15. The predicted octanol–water partition coefficient (Wildman–Crippen LogP) is 3.51. The van der Waals surface area contributed by atoms with Gasteiger partial charge in [0.05, 0.1) is 11.4 Å². The molecule has 2 aromatic carbocycles. The predicted molar refractivity (Wildman–Crippen MR) is 133 cm³/mol. The SMILES string of the molecule is Cc1cccc(NC(=O)CSC(=Nc2ccc(Cl)cc2)c2c(O)n(C)c(=O)n(C)c2=O)c1C. The van der Waals surface area contributed by atoms with E-state index < -0.39 is 17.1 Å². The molecule has 0 spiro atoms. The first-order chi connectivity index (χ1) is 15.6. The number of hydrogen-bond acceptors (Lipinski definition) is 6. The summed E-state index contributed by atoms with van der Waals surface area (Å²) in [6.07, 6.45) is 0. The van der Waals surface area contributed by atoms with Crippen LogP contribution in [-0.4, -0.2) is 30.9 Å². The maximum absolute atomic E-state index is 12.8. The molecule has 2 N–H and O–H groups in total. The summed E-state index contributed by atoms with van der Waals surface area (Å²) < 4.78 is 1.83. The van der Waals surface area contributed by atoms with Gasteiger partial charge in [-0.3, -0.25) is 18.7 Å². The fraction of sp³-hybridized carbons (Fsp3) is 0.217. The molecule has 10 heteroatoms. The second-order valence-electron chi connectivity index (χ2n) is 7.38. The van der Waals surface area contributed by atoms with E-state index in [9.17, 15) is 19.5 Å². The van der Waals surface area contributed by atoms with Crippen LogP contribution >= 0.6 is 23.4 Å². The summed E-state index contributed by atoms with van der Waals surface area (Å²) in [4.78, 5) is 42.1. The van der Waals surface area contributed by atoms with Crippen molar-refractivity contribution in [3.05, 3.63) is 85.0 Å². The van der Waals surface area contributed by atoms with E-state index in [0.717, 1.165) is 32.0 Å². The number of rotatable bonds is 5. The Morgan fingerprint density at radius 3 is 2.42 bits per heavy atom. The van der Waals surface area contributed by atoms with Gasteiger partial charge in [-0.25, -0.2) is 9.79 Å². The van der Waals surface area contributed by atoms with Gasteiger partial charge in [-0.05, 0) is 55.3 Å². The molecular weight excluding hydrogens is 464 g/mol. The van der Waals surface area contributed by atoms with Gasteiger partial charge in [0, 0.05) is 24.8 Å². The number of hydrogen-bond donors (Lipinski definition) is 2. The number of thioether (sulfide) groups is 1. The van der Waals surface area contributed by atoms with Gasteiger partial charge in [0.25, 0.3) is 5.56 Å². The molecule has 3 aromatic rings. The summed E-state index contributed by atoms with van der Waals surface area (Å²) in [6, 6.07) is 12.2. The lowest BCUT2D eigenvalue weighted by molar-refractivity contribution is -0.113. The molecule has 1 heterocycles. The first kappa shape index (κ1) is 24.3.